The highest BCUT2D eigenvalue weighted by Gasteiger charge is 2.32. The predicted octanol–water partition coefficient (Wildman–Crippen LogP) is 4.64. The summed E-state index contributed by atoms with van der Waals surface area (Å²) >= 11 is 0. The summed E-state index contributed by atoms with van der Waals surface area (Å²) in [4.78, 5) is 20.0. The number of hydrogen-bond acceptors (Lipinski definition) is 7. The van der Waals surface area contributed by atoms with Crippen molar-refractivity contribution in [2.45, 2.75) is 13.1 Å². The van der Waals surface area contributed by atoms with Crippen LogP contribution in [-0.2, 0) is 6.18 Å². The van der Waals surface area contributed by atoms with Crippen LogP contribution in [-0.4, -0.2) is 33.1 Å². The Morgan fingerprint density at radius 2 is 1.76 bits per heavy atom. The van der Waals surface area contributed by atoms with Gasteiger partial charge in [0.1, 0.15) is 22.7 Å². The molecule has 4 aromatic rings. The minimum Gasteiger partial charge on any atom is -0.457 e. The number of carbonyl (C=O) groups is 1. The van der Waals surface area contributed by atoms with Crippen LogP contribution in [0.5, 0.6) is 11.5 Å². The molecular formula is C22H17F3N6O2. The van der Waals surface area contributed by atoms with Gasteiger partial charge in [-0.05, 0) is 42.8 Å². The average molecular weight is 454 g/mol. The fourth-order valence-corrected chi connectivity index (χ4v) is 3.03. The van der Waals surface area contributed by atoms with Gasteiger partial charge in [-0.3, -0.25) is 9.78 Å². The molecule has 2 N–H and O–H groups in total. The first-order valence-corrected chi connectivity index (χ1v) is 9.68. The summed E-state index contributed by atoms with van der Waals surface area (Å²) in [5, 5.41) is 13.3. The van der Waals surface area contributed by atoms with Gasteiger partial charge in [-0.25, -0.2) is 4.98 Å². The SMILES string of the molecule is CNC(=O)c1cc(Oc2ccc3nc(Nc4ccc(C)c(C(F)(F)F)c4)nnc3c2)ccn1. The molecule has 2 aromatic carbocycles. The maximum Gasteiger partial charge on any atom is 0.416 e. The van der Waals surface area contributed by atoms with Crippen LogP contribution in [0.1, 0.15) is 21.6 Å². The van der Waals surface area contributed by atoms with Gasteiger partial charge in [0, 0.05) is 31.1 Å². The Balaban J connectivity index is 1.55. The third-order valence-electron chi connectivity index (χ3n) is 4.65. The standard InChI is InChI=1S/C22H17F3N6O2/c1-12-3-4-13(9-16(12)22(23,24)25)28-21-29-17-6-5-14(10-18(17)30-31-21)33-15-7-8-27-19(11-15)20(32)26-2/h3-11H,1-2H3,(H,26,32)(H,28,29,31). The van der Waals surface area contributed by atoms with Crippen LogP contribution in [0, 0.1) is 6.92 Å². The molecule has 0 fully saturated rings. The average Bonchev–Trinajstić information content (AvgIpc) is 2.79. The van der Waals surface area contributed by atoms with Crippen molar-refractivity contribution < 1.29 is 22.7 Å². The largest absolute Gasteiger partial charge is 0.457 e. The normalized spacial score (nSPS) is 11.3. The van der Waals surface area contributed by atoms with E-state index in [1.54, 1.807) is 24.3 Å². The number of fused-ring (bicyclic) bond motifs is 1. The Morgan fingerprint density at radius 1 is 0.970 bits per heavy atom. The fourth-order valence-electron chi connectivity index (χ4n) is 3.03. The van der Waals surface area contributed by atoms with Gasteiger partial charge in [-0.2, -0.15) is 13.2 Å². The summed E-state index contributed by atoms with van der Waals surface area (Å²) < 4.78 is 45.2. The van der Waals surface area contributed by atoms with E-state index in [1.165, 1.54) is 38.4 Å². The Bertz CT molecular complexity index is 1340. The van der Waals surface area contributed by atoms with E-state index in [0.29, 0.717) is 22.5 Å². The van der Waals surface area contributed by atoms with Crippen molar-refractivity contribution in [2.75, 3.05) is 12.4 Å². The summed E-state index contributed by atoms with van der Waals surface area (Å²) in [6.45, 7) is 1.39. The van der Waals surface area contributed by atoms with Crippen molar-refractivity contribution >= 4 is 28.6 Å². The number of ether oxygens (including phenoxy) is 1. The molecule has 33 heavy (non-hydrogen) atoms. The van der Waals surface area contributed by atoms with E-state index in [-0.39, 0.29) is 28.8 Å². The molecule has 2 heterocycles. The van der Waals surface area contributed by atoms with Crippen LogP contribution in [0.2, 0.25) is 0 Å². The molecule has 168 valence electrons. The molecule has 0 bridgehead atoms. The molecule has 8 nitrogen and oxygen atoms in total. The number of aryl methyl sites for hydroxylation is 1. The lowest BCUT2D eigenvalue weighted by atomic mass is 10.1. The van der Waals surface area contributed by atoms with Crippen molar-refractivity contribution in [1.82, 2.24) is 25.5 Å². The van der Waals surface area contributed by atoms with E-state index in [0.717, 1.165) is 6.07 Å². The van der Waals surface area contributed by atoms with E-state index in [9.17, 15) is 18.0 Å². The predicted molar refractivity (Wildman–Crippen MR) is 114 cm³/mol. The van der Waals surface area contributed by atoms with Crippen molar-refractivity contribution in [3.63, 3.8) is 0 Å². The summed E-state index contributed by atoms with van der Waals surface area (Å²) in [5.41, 5.74) is 0.659. The van der Waals surface area contributed by atoms with Crippen LogP contribution in [0.15, 0.2) is 54.7 Å². The maximum absolute atomic E-state index is 13.1. The lowest BCUT2D eigenvalue weighted by Crippen LogP contribution is -2.18. The fraction of sp³-hybridized carbons (Fsp3) is 0.136. The van der Waals surface area contributed by atoms with Crippen molar-refractivity contribution in [2.24, 2.45) is 0 Å². The van der Waals surface area contributed by atoms with Gasteiger partial charge >= 0.3 is 6.18 Å². The molecule has 0 atom stereocenters. The third kappa shape index (κ3) is 4.97. The number of halogens is 3. The van der Waals surface area contributed by atoms with Gasteiger partial charge < -0.3 is 15.4 Å². The Kier molecular flexibility index (Phi) is 5.78. The van der Waals surface area contributed by atoms with Crippen molar-refractivity contribution in [3.8, 4) is 11.5 Å². The first kappa shape index (κ1) is 21.9. The highest BCUT2D eigenvalue weighted by Crippen LogP contribution is 2.34. The zero-order valence-corrected chi connectivity index (χ0v) is 17.4. The number of nitrogens with one attached hydrogen (secondary N) is 2. The maximum atomic E-state index is 13.1. The van der Waals surface area contributed by atoms with E-state index in [1.807, 2.05) is 0 Å². The number of rotatable bonds is 5. The molecule has 0 aliphatic heterocycles. The zero-order valence-electron chi connectivity index (χ0n) is 17.4. The van der Waals surface area contributed by atoms with Crippen LogP contribution in [0.25, 0.3) is 11.0 Å². The number of nitrogens with zero attached hydrogens (tertiary/aromatic N) is 4. The molecule has 11 heteroatoms. The first-order chi connectivity index (χ1) is 15.7. The Labute approximate surface area is 185 Å². The van der Waals surface area contributed by atoms with Gasteiger partial charge in [-0.15, -0.1) is 10.2 Å². The number of benzene rings is 2. The minimum absolute atomic E-state index is 0.0532. The second-order valence-electron chi connectivity index (χ2n) is 7.00. The number of carbonyl (C=O) groups excluding carboxylic acids is 1. The van der Waals surface area contributed by atoms with E-state index in [2.05, 4.69) is 30.8 Å². The first-order valence-electron chi connectivity index (χ1n) is 9.68. The molecule has 0 saturated carbocycles. The summed E-state index contributed by atoms with van der Waals surface area (Å²) in [6.07, 6.45) is -3.01. The molecule has 0 saturated heterocycles. The lowest BCUT2D eigenvalue weighted by Gasteiger charge is -2.12. The molecule has 0 unspecified atom stereocenters. The summed E-state index contributed by atoms with van der Waals surface area (Å²) in [7, 11) is 1.50. The van der Waals surface area contributed by atoms with Crippen molar-refractivity contribution in [1.29, 1.82) is 0 Å². The quantitative estimate of drug-likeness (QED) is 0.453. The summed E-state index contributed by atoms with van der Waals surface area (Å²) in [6, 6.07) is 11.9. The molecule has 2 aromatic heterocycles. The minimum atomic E-state index is -4.46. The molecule has 0 aliphatic rings. The highest BCUT2D eigenvalue weighted by molar-refractivity contribution is 5.92. The Morgan fingerprint density at radius 3 is 2.52 bits per heavy atom. The number of amides is 1. The van der Waals surface area contributed by atoms with Gasteiger partial charge in [0.2, 0.25) is 5.95 Å². The van der Waals surface area contributed by atoms with E-state index in [4.69, 9.17) is 4.74 Å². The highest BCUT2D eigenvalue weighted by atomic mass is 19.4. The molecule has 1 amide bonds. The van der Waals surface area contributed by atoms with Crippen molar-refractivity contribution in [3.05, 3.63) is 71.5 Å². The molecule has 4 rings (SSSR count). The molecule has 0 aliphatic carbocycles. The molecule has 0 spiro atoms. The van der Waals surface area contributed by atoms with Crippen LogP contribution < -0.4 is 15.4 Å². The monoisotopic (exact) mass is 454 g/mol. The number of alkyl halides is 3. The number of anilines is 2. The second-order valence-corrected chi connectivity index (χ2v) is 7.00. The molecular weight excluding hydrogens is 437 g/mol. The summed E-state index contributed by atoms with van der Waals surface area (Å²) in [5.74, 6) is 0.547. The van der Waals surface area contributed by atoms with Gasteiger partial charge in [-0.1, -0.05) is 6.07 Å². The van der Waals surface area contributed by atoms with Gasteiger partial charge in [0.25, 0.3) is 5.91 Å². The third-order valence-corrected chi connectivity index (χ3v) is 4.65. The van der Waals surface area contributed by atoms with Gasteiger partial charge in [0.05, 0.1) is 11.1 Å². The number of pyridine rings is 1. The Hall–Kier alpha value is -4.28. The second kappa shape index (κ2) is 8.69. The van der Waals surface area contributed by atoms with Gasteiger partial charge in [0.15, 0.2) is 0 Å². The van der Waals surface area contributed by atoms with E-state index >= 15 is 0 Å². The topological polar surface area (TPSA) is 102 Å². The smallest absolute Gasteiger partial charge is 0.416 e. The van der Waals surface area contributed by atoms with Crippen LogP contribution in [0.4, 0.5) is 24.8 Å². The number of aromatic nitrogens is 4. The molecule has 0 radical (unpaired) electrons. The van der Waals surface area contributed by atoms with Crippen LogP contribution in [0.3, 0.4) is 0 Å². The zero-order chi connectivity index (χ0) is 23.6. The van der Waals surface area contributed by atoms with E-state index < -0.39 is 11.7 Å². The van der Waals surface area contributed by atoms with Crippen LogP contribution >= 0.6 is 0 Å². The number of hydrogen-bond donors (Lipinski definition) is 2. The lowest BCUT2D eigenvalue weighted by molar-refractivity contribution is -0.138.